The third-order valence-electron chi connectivity index (χ3n) is 4.50. The fourth-order valence-corrected chi connectivity index (χ4v) is 3.79. The van der Waals surface area contributed by atoms with Crippen LogP contribution in [0.3, 0.4) is 0 Å². The number of ether oxygens (including phenoxy) is 1. The summed E-state index contributed by atoms with van der Waals surface area (Å²) >= 11 is 1.06. The number of carbonyl (C=O) groups is 2. The van der Waals surface area contributed by atoms with E-state index in [0.717, 1.165) is 23.5 Å². The van der Waals surface area contributed by atoms with Crippen molar-refractivity contribution >= 4 is 28.9 Å². The highest BCUT2D eigenvalue weighted by Gasteiger charge is 2.31. The molecule has 6 nitrogen and oxygen atoms in total. The lowest BCUT2D eigenvalue weighted by atomic mass is 10.1. The van der Waals surface area contributed by atoms with Crippen molar-refractivity contribution in [2.24, 2.45) is 5.10 Å². The van der Waals surface area contributed by atoms with Gasteiger partial charge in [0, 0.05) is 10.9 Å². The van der Waals surface area contributed by atoms with E-state index in [1.807, 2.05) is 0 Å². The number of nitrogens with zero attached hydrogens (tertiary/aromatic N) is 1. The minimum Gasteiger partial charge on any atom is -0.506 e. The summed E-state index contributed by atoms with van der Waals surface area (Å²) in [6, 6.07) is 10.4. The second-order valence-corrected chi connectivity index (χ2v) is 7.49. The van der Waals surface area contributed by atoms with E-state index in [1.165, 1.54) is 43.5 Å². The highest BCUT2D eigenvalue weighted by atomic mass is 32.1. The number of halogens is 3. The topological polar surface area (TPSA) is 88.0 Å². The Balaban J connectivity index is 1.77. The van der Waals surface area contributed by atoms with Gasteiger partial charge in [0.1, 0.15) is 5.75 Å². The summed E-state index contributed by atoms with van der Waals surface area (Å²) in [7, 11) is 1.25. The highest BCUT2D eigenvalue weighted by molar-refractivity contribution is 7.14. The van der Waals surface area contributed by atoms with Gasteiger partial charge < -0.3 is 9.84 Å². The molecule has 2 aromatic carbocycles. The van der Waals surface area contributed by atoms with Gasteiger partial charge >= 0.3 is 12.1 Å². The van der Waals surface area contributed by atoms with E-state index in [0.29, 0.717) is 0 Å². The van der Waals surface area contributed by atoms with Crippen molar-refractivity contribution < 1.29 is 32.6 Å². The Kier molecular flexibility index (Phi) is 6.64. The van der Waals surface area contributed by atoms with Crippen molar-refractivity contribution in [2.45, 2.75) is 13.1 Å². The van der Waals surface area contributed by atoms with E-state index in [2.05, 4.69) is 15.3 Å². The van der Waals surface area contributed by atoms with Crippen molar-refractivity contribution in [3.63, 3.8) is 0 Å². The van der Waals surface area contributed by atoms with Crippen molar-refractivity contribution in [2.75, 3.05) is 7.11 Å². The Hall–Kier alpha value is -3.66. The summed E-state index contributed by atoms with van der Waals surface area (Å²) < 4.78 is 43.5. The molecule has 166 valence electrons. The van der Waals surface area contributed by atoms with Gasteiger partial charge in [-0.15, -0.1) is 11.3 Å². The fourth-order valence-electron chi connectivity index (χ4n) is 2.78. The number of esters is 1. The van der Waals surface area contributed by atoms with Crippen molar-refractivity contribution in [1.29, 1.82) is 0 Å². The molecule has 0 saturated carbocycles. The lowest BCUT2D eigenvalue weighted by Gasteiger charge is -2.08. The largest absolute Gasteiger partial charge is 0.506 e. The van der Waals surface area contributed by atoms with Crippen LogP contribution in [-0.4, -0.2) is 29.8 Å². The predicted octanol–water partition coefficient (Wildman–Crippen LogP) is 5.08. The molecule has 0 aliphatic carbocycles. The van der Waals surface area contributed by atoms with Crippen LogP contribution in [0.15, 0.2) is 59.0 Å². The van der Waals surface area contributed by atoms with Crippen LogP contribution < -0.4 is 5.43 Å². The molecule has 10 heteroatoms. The molecule has 1 amide bonds. The Morgan fingerprint density at radius 3 is 2.38 bits per heavy atom. The minimum atomic E-state index is -4.50. The number of rotatable bonds is 5. The molecule has 0 unspecified atom stereocenters. The molecule has 0 spiro atoms. The molecule has 0 aliphatic heterocycles. The Bertz CT molecular complexity index is 1180. The zero-order valence-electron chi connectivity index (χ0n) is 16.9. The standard InChI is InChI=1S/C22H17F3N2O4S/c1-12(26-27-20(29)13-6-8-14(9-7-13)21(30)31-2)17-11-32-19(18(17)28)15-4-3-5-16(10-15)22(23,24)25/h3-11,28H,1-2H3,(H,27,29). The molecular formula is C22H17F3N2O4S. The average molecular weight is 462 g/mol. The summed E-state index contributed by atoms with van der Waals surface area (Å²) in [5.74, 6) is -1.31. The van der Waals surface area contributed by atoms with Crippen LogP contribution >= 0.6 is 11.3 Å². The van der Waals surface area contributed by atoms with E-state index in [1.54, 1.807) is 12.3 Å². The third kappa shape index (κ3) is 4.97. The van der Waals surface area contributed by atoms with Crippen LogP contribution in [0, 0.1) is 0 Å². The van der Waals surface area contributed by atoms with Gasteiger partial charge in [-0.3, -0.25) is 4.79 Å². The molecule has 0 radical (unpaired) electrons. The molecule has 32 heavy (non-hydrogen) atoms. The van der Waals surface area contributed by atoms with Gasteiger partial charge in [0.2, 0.25) is 0 Å². The highest BCUT2D eigenvalue weighted by Crippen LogP contribution is 2.40. The molecule has 3 aromatic rings. The molecule has 1 aromatic heterocycles. The number of alkyl halides is 3. The summed E-state index contributed by atoms with van der Waals surface area (Å²) in [4.78, 5) is 24.0. The molecule has 2 N–H and O–H groups in total. The first-order valence-corrected chi connectivity index (χ1v) is 10.0. The van der Waals surface area contributed by atoms with Crippen LogP contribution in [0.2, 0.25) is 0 Å². The van der Waals surface area contributed by atoms with Crippen molar-refractivity contribution in [3.05, 3.63) is 76.2 Å². The van der Waals surface area contributed by atoms with Crippen LogP contribution in [0.1, 0.15) is 38.8 Å². The minimum absolute atomic E-state index is 0.219. The van der Waals surface area contributed by atoms with E-state index >= 15 is 0 Å². The number of hydrazone groups is 1. The monoisotopic (exact) mass is 462 g/mol. The van der Waals surface area contributed by atoms with Gasteiger partial charge in [0.05, 0.1) is 34.4 Å². The number of methoxy groups -OCH3 is 1. The number of hydrogen-bond donors (Lipinski definition) is 2. The van der Waals surface area contributed by atoms with Gasteiger partial charge in [-0.25, -0.2) is 10.2 Å². The predicted molar refractivity (Wildman–Crippen MR) is 114 cm³/mol. The molecule has 1 heterocycles. The normalized spacial score (nSPS) is 11.8. The lowest BCUT2D eigenvalue weighted by molar-refractivity contribution is -0.137. The number of nitrogens with one attached hydrogen (secondary N) is 1. The molecule has 0 aliphatic rings. The van der Waals surface area contributed by atoms with Gasteiger partial charge in [-0.2, -0.15) is 18.3 Å². The van der Waals surface area contributed by atoms with Crippen LogP contribution in [0.25, 0.3) is 10.4 Å². The second kappa shape index (κ2) is 9.23. The number of carbonyl (C=O) groups excluding carboxylic acids is 2. The van der Waals surface area contributed by atoms with Gasteiger partial charge in [0.15, 0.2) is 0 Å². The zero-order chi connectivity index (χ0) is 23.5. The molecule has 0 fully saturated rings. The Morgan fingerprint density at radius 1 is 1.09 bits per heavy atom. The first-order valence-electron chi connectivity index (χ1n) is 9.13. The third-order valence-corrected chi connectivity index (χ3v) is 5.52. The van der Waals surface area contributed by atoms with E-state index < -0.39 is 23.6 Å². The van der Waals surface area contributed by atoms with E-state index in [4.69, 9.17) is 0 Å². The molecule has 0 bridgehead atoms. The number of aromatic hydroxyl groups is 1. The first-order chi connectivity index (χ1) is 15.1. The van der Waals surface area contributed by atoms with E-state index in [-0.39, 0.29) is 38.6 Å². The van der Waals surface area contributed by atoms with Gasteiger partial charge in [-0.05, 0) is 48.9 Å². The maximum atomic E-state index is 13.0. The molecular weight excluding hydrogens is 445 g/mol. The Labute approximate surface area is 185 Å². The fraction of sp³-hybridized carbons (Fsp3) is 0.136. The lowest BCUT2D eigenvalue weighted by Crippen LogP contribution is -2.19. The first kappa shape index (κ1) is 23.0. The van der Waals surface area contributed by atoms with Gasteiger partial charge in [-0.1, -0.05) is 12.1 Å². The maximum absolute atomic E-state index is 13.0. The van der Waals surface area contributed by atoms with Crippen LogP contribution in [0.4, 0.5) is 13.2 Å². The summed E-state index contributed by atoms with van der Waals surface area (Å²) in [6.45, 7) is 1.54. The van der Waals surface area contributed by atoms with Crippen molar-refractivity contribution in [1.82, 2.24) is 5.43 Å². The SMILES string of the molecule is COC(=O)c1ccc(C(=O)NN=C(C)c2csc(-c3cccc(C(F)(F)F)c3)c2O)cc1. The maximum Gasteiger partial charge on any atom is 0.416 e. The smallest absolute Gasteiger partial charge is 0.416 e. The summed E-state index contributed by atoms with van der Waals surface area (Å²) in [6.07, 6.45) is -4.50. The van der Waals surface area contributed by atoms with Crippen molar-refractivity contribution in [3.8, 4) is 16.2 Å². The van der Waals surface area contributed by atoms with Crippen LogP contribution in [-0.2, 0) is 10.9 Å². The Morgan fingerprint density at radius 2 is 1.75 bits per heavy atom. The second-order valence-electron chi connectivity index (χ2n) is 6.61. The van der Waals surface area contributed by atoms with E-state index in [9.17, 15) is 27.9 Å². The zero-order valence-corrected chi connectivity index (χ0v) is 17.7. The van der Waals surface area contributed by atoms with Gasteiger partial charge in [0.25, 0.3) is 5.91 Å². The number of benzene rings is 2. The summed E-state index contributed by atoms with van der Waals surface area (Å²) in [5.41, 5.74) is 2.81. The molecule has 0 saturated heterocycles. The average Bonchev–Trinajstić information content (AvgIpc) is 3.17. The molecule has 0 atom stereocenters. The number of amides is 1. The quantitative estimate of drug-likeness (QED) is 0.315. The molecule has 3 rings (SSSR count). The van der Waals surface area contributed by atoms with Crippen LogP contribution in [0.5, 0.6) is 5.75 Å². The number of hydrogen-bond acceptors (Lipinski definition) is 6. The number of thiophene rings is 1. The summed E-state index contributed by atoms with van der Waals surface area (Å²) in [5, 5.41) is 16.0.